The van der Waals surface area contributed by atoms with Gasteiger partial charge in [0.1, 0.15) is 0 Å². The van der Waals surface area contributed by atoms with Crippen LogP contribution in [-0.2, 0) is 26.0 Å². The molecule has 0 unspecified atom stereocenters. The third-order valence-corrected chi connectivity index (χ3v) is 7.41. The van der Waals surface area contributed by atoms with E-state index >= 15 is 0 Å². The van der Waals surface area contributed by atoms with Gasteiger partial charge >= 0.3 is 0 Å². The molecule has 34 heavy (non-hydrogen) atoms. The second-order valence-electron chi connectivity index (χ2n) is 8.85. The number of benzene rings is 3. The molecule has 7 nitrogen and oxygen atoms in total. The smallest absolute Gasteiger partial charge is 0.261 e. The Bertz CT molecular complexity index is 1300. The molecule has 0 bridgehead atoms. The van der Waals surface area contributed by atoms with Crippen LogP contribution >= 0.6 is 0 Å². The molecule has 1 aliphatic heterocycles. The zero-order chi connectivity index (χ0) is 24.3. The van der Waals surface area contributed by atoms with Crippen molar-refractivity contribution in [2.75, 3.05) is 30.9 Å². The second-order valence-corrected chi connectivity index (χ2v) is 10.5. The number of hydrogen-bond acceptors (Lipinski definition) is 4. The monoisotopic (exact) mass is 479 g/mol. The van der Waals surface area contributed by atoms with E-state index in [1.54, 1.807) is 47.4 Å². The molecule has 1 N–H and O–H groups in total. The van der Waals surface area contributed by atoms with Crippen LogP contribution < -0.4 is 4.72 Å². The molecular weight excluding hydrogens is 450 g/mol. The van der Waals surface area contributed by atoms with Gasteiger partial charge in [-0.2, -0.15) is 0 Å². The molecule has 1 fully saturated rings. The van der Waals surface area contributed by atoms with Gasteiger partial charge in [0.15, 0.2) is 0 Å². The number of piperazine rings is 1. The number of carbonyl (C=O) groups excluding carboxylic acids is 2. The zero-order valence-corrected chi connectivity index (χ0v) is 20.2. The Morgan fingerprint density at radius 3 is 2.12 bits per heavy atom. The number of hydrogen-bond donors (Lipinski definition) is 1. The van der Waals surface area contributed by atoms with Crippen LogP contribution in [-0.4, -0.2) is 56.2 Å². The third-order valence-electron chi connectivity index (χ3n) is 6.03. The summed E-state index contributed by atoms with van der Waals surface area (Å²) in [5.41, 5.74) is 1.24. The third kappa shape index (κ3) is 5.39. The molecule has 178 valence electrons. The molecule has 0 atom stereocenters. The van der Waals surface area contributed by atoms with Gasteiger partial charge in [-0.1, -0.05) is 56.3 Å². The molecule has 8 heteroatoms. The molecule has 0 spiro atoms. The van der Waals surface area contributed by atoms with E-state index in [1.807, 2.05) is 43.0 Å². The van der Waals surface area contributed by atoms with E-state index in [9.17, 15) is 18.0 Å². The molecule has 3 aromatic carbocycles. The Labute approximate surface area is 200 Å². The van der Waals surface area contributed by atoms with Gasteiger partial charge in [-0.3, -0.25) is 14.3 Å². The molecule has 0 aliphatic carbocycles. The number of amides is 2. The lowest BCUT2D eigenvalue weighted by Gasteiger charge is -2.35. The Morgan fingerprint density at radius 2 is 1.47 bits per heavy atom. The van der Waals surface area contributed by atoms with E-state index in [-0.39, 0.29) is 29.0 Å². The first-order valence-electron chi connectivity index (χ1n) is 11.4. The number of fused-ring (bicyclic) bond motifs is 1. The standard InChI is InChI=1S/C26H29N3O4S/c1-19(2)26(31)29-15-13-28(14-16-29)25(30)17-20-7-10-23(11-8-20)27-34(32,33)24-12-9-21-5-3-4-6-22(21)18-24/h3-12,18-19,27H,13-17H2,1-2H3. The van der Waals surface area contributed by atoms with Crippen LogP contribution in [0.2, 0.25) is 0 Å². The summed E-state index contributed by atoms with van der Waals surface area (Å²) in [7, 11) is -3.73. The number of carbonyl (C=O) groups is 2. The normalized spacial score (nSPS) is 14.4. The first-order chi connectivity index (χ1) is 16.2. The summed E-state index contributed by atoms with van der Waals surface area (Å²) in [6.45, 7) is 5.93. The minimum absolute atomic E-state index is 0.00106. The highest BCUT2D eigenvalue weighted by molar-refractivity contribution is 7.92. The fraction of sp³-hybridized carbons (Fsp3) is 0.308. The van der Waals surface area contributed by atoms with Gasteiger partial charge in [0, 0.05) is 37.8 Å². The first kappa shape index (κ1) is 23.8. The lowest BCUT2D eigenvalue weighted by atomic mass is 10.1. The lowest BCUT2D eigenvalue weighted by molar-refractivity contribution is -0.141. The number of anilines is 1. The molecule has 0 radical (unpaired) electrons. The minimum Gasteiger partial charge on any atom is -0.339 e. The zero-order valence-electron chi connectivity index (χ0n) is 19.4. The topological polar surface area (TPSA) is 86.8 Å². The highest BCUT2D eigenvalue weighted by Gasteiger charge is 2.25. The molecule has 1 saturated heterocycles. The van der Waals surface area contributed by atoms with E-state index in [4.69, 9.17) is 0 Å². The maximum atomic E-state index is 12.8. The van der Waals surface area contributed by atoms with Gasteiger partial charge in [0.05, 0.1) is 11.3 Å². The summed E-state index contributed by atoms with van der Waals surface area (Å²) in [4.78, 5) is 28.6. The van der Waals surface area contributed by atoms with E-state index in [1.165, 1.54) is 0 Å². The highest BCUT2D eigenvalue weighted by Crippen LogP contribution is 2.22. The van der Waals surface area contributed by atoms with Crippen molar-refractivity contribution in [3.8, 4) is 0 Å². The van der Waals surface area contributed by atoms with Crippen molar-refractivity contribution in [2.45, 2.75) is 25.2 Å². The number of sulfonamides is 1. The van der Waals surface area contributed by atoms with E-state index in [2.05, 4.69) is 4.72 Å². The molecule has 3 aromatic rings. The van der Waals surface area contributed by atoms with Crippen LogP contribution in [0.1, 0.15) is 19.4 Å². The van der Waals surface area contributed by atoms with Crippen LogP contribution in [0.4, 0.5) is 5.69 Å². The second kappa shape index (κ2) is 9.85. The summed E-state index contributed by atoms with van der Waals surface area (Å²) >= 11 is 0. The van der Waals surface area contributed by atoms with Gasteiger partial charge in [-0.05, 0) is 40.6 Å². The Kier molecular flexibility index (Phi) is 6.88. The van der Waals surface area contributed by atoms with E-state index in [0.29, 0.717) is 31.9 Å². The van der Waals surface area contributed by atoms with Crippen molar-refractivity contribution >= 4 is 38.3 Å². The van der Waals surface area contributed by atoms with E-state index in [0.717, 1.165) is 16.3 Å². The van der Waals surface area contributed by atoms with Crippen molar-refractivity contribution in [3.05, 3.63) is 72.3 Å². The Hall–Kier alpha value is -3.39. The van der Waals surface area contributed by atoms with Gasteiger partial charge < -0.3 is 9.80 Å². The largest absolute Gasteiger partial charge is 0.339 e. The maximum Gasteiger partial charge on any atom is 0.261 e. The first-order valence-corrected chi connectivity index (χ1v) is 12.9. The van der Waals surface area contributed by atoms with E-state index < -0.39 is 10.0 Å². The molecule has 1 aliphatic rings. The lowest BCUT2D eigenvalue weighted by Crippen LogP contribution is -2.51. The molecule has 1 heterocycles. The van der Waals surface area contributed by atoms with Crippen molar-refractivity contribution < 1.29 is 18.0 Å². The van der Waals surface area contributed by atoms with Crippen LogP contribution in [0.5, 0.6) is 0 Å². The van der Waals surface area contributed by atoms with Crippen molar-refractivity contribution in [1.82, 2.24) is 9.80 Å². The predicted octanol–water partition coefficient (Wildman–Crippen LogP) is 3.51. The summed E-state index contributed by atoms with van der Waals surface area (Å²) in [5, 5.41) is 1.83. The van der Waals surface area contributed by atoms with Crippen LogP contribution in [0.15, 0.2) is 71.6 Å². The van der Waals surface area contributed by atoms with Crippen LogP contribution in [0.3, 0.4) is 0 Å². The predicted molar refractivity (Wildman–Crippen MR) is 133 cm³/mol. The summed E-state index contributed by atoms with van der Waals surface area (Å²) < 4.78 is 28.3. The number of rotatable bonds is 6. The summed E-state index contributed by atoms with van der Waals surface area (Å²) in [5.74, 6) is 0.0781. The summed E-state index contributed by atoms with van der Waals surface area (Å²) in [6.07, 6.45) is 0.232. The summed E-state index contributed by atoms with van der Waals surface area (Å²) in [6, 6.07) is 19.5. The van der Waals surface area contributed by atoms with Gasteiger partial charge in [-0.25, -0.2) is 8.42 Å². The van der Waals surface area contributed by atoms with Gasteiger partial charge in [0.25, 0.3) is 10.0 Å². The average Bonchev–Trinajstić information content (AvgIpc) is 2.84. The Balaban J connectivity index is 1.35. The molecular formula is C26H29N3O4S. The van der Waals surface area contributed by atoms with Crippen LogP contribution in [0.25, 0.3) is 10.8 Å². The molecule has 0 aromatic heterocycles. The Morgan fingerprint density at radius 1 is 0.853 bits per heavy atom. The maximum absolute atomic E-state index is 12.8. The van der Waals surface area contributed by atoms with Gasteiger partial charge in [0.2, 0.25) is 11.8 Å². The SMILES string of the molecule is CC(C)C(=O)N1CCN(C(=O)Cc2ccc(NS(=O)(=O)c3ccc4ccccc4c3)cc2)CC1. The van der Waals surface area contributed by atoms with Crippen LogP contribution in [0, 0.1) is 5.92 Å². The number of nitrogens with one attached hydrogen (secondary N) is 1. The molecule has 4 rings (SSSR count). The number of nitrogens with zero attached hydrogens (tertiary/aromatic N) is 2. The van der Waals surface area contributed by atoms with Crippen molar-refractivity contribution in [3.63, 3.8) is 0 Å². The molecule has 0 saturated carbocycles. The van der Waals surface area contributed by atoms with Crippen molar-refractivity contribution in [1.29, 1.82) is 0 Å². The van der Waals surface area contributed by atoms with Gasteiger partial charge in [-0.15, -0.1) is 0 Å². The van der Waals surface area contributed by atoms with Crippen molar-refractivity contribution in [2.24, 2.45) is 5.92 Å². The minimum atomic E-state index is -3.73. The fourth-order valence-electron chi connectivity index (χ4n) is 4.07. The highest BCUT2D eigenvalue weighted by atomic mass is 32.2. The fourth-order valence-corrected chi connectivity index (χ4v) is 5.16. The molecule has 2 amide bonds. The quantitative estimate of drug-likeness (QED) is 0.586. The average molecular weight is 480 g/mol.